The molecule has 6 heteroatoms. The number of aliphatic carboxylic acids is 1. The maximum absolute atomic E-state index is 12.3. The van der Waals surface area contributed by atoms with Gasteiger partial charge in [0.2, 0.25) is 0 Å². The fraction of sp³-hybridized carbons (Fsp3) is 0.250. The molecule has 2 N–H and O–H groups in total. The normalized spacial score (nSPS) is 10.3. The molecule has 0 radical (unpaired) electrons. The van der Waals surface area contributed by atoms with Crippen LogP contribution in [-0.2, 0) is 11.8 Å². The van der Waals surface area contributed by atoms with Crippen molar-refractivity contribution < 1.29 is 19.4 Å². The molecule has 0 aliphatic heterocycles. The van der Waals surface area contributed by atoms with Crippen molar-refractivity contribution >= 4 is 17.6 Å². The van der Waals surface area contributed by atoms with E-state index in [1.165, 1.54) is 0 Å². The summed E-state index contributed by atoms with van der Waals surface area (Å²) >= 11 is 0. The van der Waals surface area contributed by atoms with Gasteiger partial charge < -0.3 is 19.7 Å². The number of carbonyl (C=O) groups is 2. The van der Waals surface area contributed by atoms with Crippen molar-refractivity contribution in [2.24, 2.45) is 7.05 Å². The molecule has 0 saturated heterocycles. The van der Waals surface area contributed by atoms with Crippen LogP contribution in [0, 0.1) is 13.8 Å². The lowest BCUT2D eigenvalue weighted by molar-refractivity contribution is -0.139. The van der Waals surface area contributed by atoms with Crippen LogP contribution in [0.1, 0.15) is 21.7 Å². The molecule has 2 aromatic rings. The Hall–Kier alpha value is -2.76. The minimum atomic E-state index is -1.03. The first-order chi connectivity index (χ1) is 10.4. The van der Waals surface area contributed by atoms with Crippen LogP contribution in [-0.4, -0.2) is 28.2 Å². The van der Waals surface area contributed by atoms with Crippen LogP contribution in [0.15, 0.2) is 30.3 Å². The minimum absolute atomic E-state index is 0.180. The lowest BCUT2D eigenvalue weighted by Crippen LogP contribution is -2.13. The molecule has 1 heterocycles. The molecule has 0 fully saturated rings. The summed E-state index contributed by atoms with van der Waals surface area (Å²) in [5.41, 5.74) is 3.16. The fourth-order valence-corrected chi connectivity index (χ4v) is 2.06. The van der Waals surface area contributed by atoms with Gasteiger partial charge in [-0.05, 0) is 44.2 Å². The second-order valence-electron chi connectivity index (χ2n) is 5.00. The zero-order chi connectivity index (χ0) is 16.3. The van der Waals surface area contributed by atoms with Gasteiger partial charge in [-0.3, -0.25) is 4.79 Å². The molecule has 1 aromatic carbocycles. The summed E-state index contributed by atoms with van der Waals surface area (Å²) in [6, 6.07) is 8.40. The molecule has 2 rings (SSSR count). The van der Waals surface area contributed by atoms with Gasteiger partial charge in [0.05, 0.1) is 5.56 Å². The number of rotatable bonds is 5. The summed E-state index contributed by atoms with van der Waals surface area (Å²) in [6.07, 6.45) is 0. The van der Waals surface area contributed by atoms with E-state index in [9.17, 15) is 9.59 Å². The van der Waals surface area contributed by atoms with E-state index in [4.69, 9.17) is 9.84 Å². The Morgan fingerprint density at radius 3 is 2.36 bits per heavy atom. The predicted octanol–water partition coefficient (Wildman–Crippen LogP) is 2.36. The smallest absolute Gasteiger partial charge is 0.341 e. The van der Waals surface area contributed by atoms with Crippen molar-refractivity contribution in [3.8, 4) is 5.75 Å². The average Bonchev–Trinajstić information content (AvgIpc) is 2.74. The third-order valence-electron chi connectivity index (χ3n) is 3.49. The zero-order valence-electron chi connectivity index (χ0n) is 12.7. The van der Waals surface area contributed by atoms with Crippen LogP contribution >= 0.6 is 0 Å². The van der Waals surface area contributed by atoms with Crippen LogP contribution in [0.5, 0.6) is 5.75 Å². The van der Waals surface area contributed by atoms with E-state index in [1.54, 1.807) is 24.3 Å². The Labute approximate surface area is 128 Å². The molecule has 116 valence electrons. The predicted molar refractivity (Wildman–Crippen MR) is 82.4 cm³/mol. The quantitative estimate of drug-likeness (QED) is 0.888. The van der Waals surface area contributed by atoms with E-state index in [0.29, 0.717) is 17.0 Å². The number of aromatic nitrogens is 1. The highest BCUT2D eigenvalue weighted by Gasteiger charge is 2.14. The highest BCUT2D eigenvalue weighted by atomic mass is 16.5. The molecule has 1 amide bonds. The number of hydrogen-bond acceptors (Lipinski definition) is 3. The number of nitrogens with zero attached hydrogens (tertiary/aromatic N) is 1. The van der Waals surface area contributed by atoms with Gasteiger partial charge in [0.25, 0.3) is 5.91 Å². The first-order valence-electron chi connectivity index (χ1n) is 6.77. The van der Waals surface area contributed by atoms with Gasteiger partial charge >= 0.3 is 5.97 Å². The SMILES string of the molecule is Cc1cc(C(=O)Nc2ccc(OCC(=O)O)cc2)c(C)n1C. The summed E-state index contributed by atoms with van der Waals surface area (Å²) in [5.74, 6) is -0.778. The van der Waals surface area contributed by atoms with Crippen molar-refractivity contribution in [2.45, 2.75) is 13.8 Å². The van der Waals surface area contributed by atoms with Gasteiger partial charge in [-0.15, -0.1) is 0 Å². The molecular weight excluding hydrogens is 284 g/mol. The summed E-state index contributed by atoms with van der Waals surface area (Å²) < 4.78 is 6.99. The van der Waals surface area contributed by atoms with E-state index < -0.39 is 12.6 Å². The second-order valence-corrected chi connectivity index (χ2v) is 5.00. The van der Waals surface area contributed by atoms with Gasteiger partial charge in [-0.1, -0.05) is 0 Å². The maximum Gasteiger partial charge on any atom is 0.341 e. The number of carboxylic acid groups (broad SMARTS) is 1. The second kappa shape index (κ2) is 6.34. The average molecular weight is 302 g/mol. The van der Waals surface area contributed by atoms with Gasteiger partial charge in [0.1, 0.15) is 5.75 Å². The maximum atomic E-state index is 12.3. The lowest BCUT2D eigenvalue weighted by atomic mass is 10.2. The van der Waals surface area contributed by atoms with E-state index in [-0.39, 0.29) is 5.91 Å². The van der Waals surface area contributed by atoms with Crippen LogP contribution in [0.3, 0.4) is 0 Å². The molecule has 0 unspecified atom stereocenters. The molecule has 0 aliphatic rings. The number of hydrogen-bond donors (Lipinski definition) is 2. The van der Waals surface area contributed by atoms with Crippen molar-refractivity contribution in [3.05, 3.63) is 47.3 Å². The number of carboxylic acids is 1. The zero-order valence-corrected chi connectivity index (χ0v) is 12.7. The Morgan fingerprint density at radius 2 is 1.86 bits per heavy atom. The van der Waals surface area contributed by atoms with Crippen molar-refractivity contribution in [3.63, 3.8) is 0 Å². The van der Waals surface area contributed by atoms with Gasteiger partial charge in [-0.2, -0.15) is 0 Å². The van der Waals surface area contributed by atoms with Crippen LogP contribution in [0.4, 0.5) is 5.69 Å². The number of benzene rings is 1. The fourth-order valence-electron chi connectivity index (χ4n) is 2.06. The standard InChI is InChI=1S/C16H18N2O4/c1-10-8-14(11(2)18(10)3)16(21)17-12-4-6-13(7-5-12)22-9-15(19)20/h4-8H,9H2,1-3H3,(H,17,21)(H,19,20). The van der Waals surface area contributed by atoms with Gasteiger partial charge in [0, 0.05) is 24.1 Å². The Morgan fingerprint density at radius 1 is 1.23 bits per heavy atom. The number of anilines is 1. The minimum Gasteiger partial charge on any atom is -0.482 e. The van der Waals surface area contributed by atoms with Gasteiger partial charge in [0.15, 0.2) is 6.61 Å². The molecular formula is C16H18N2O4. The Balaban J connectivity index is 2.05. The number of amides is 1. The number of aryl methyl sites for hydroxylation is 1. The summed E-state index contributed by atoms with van der Waals surface area (Å²) in [4.78, 5) is 22.7. The van der Waals surface area contributed by atoms with E-state index in [1.807, 2.05) is 31.5 Å². The molecule has 0 saturated carbocycles. The topological polar surface area (TPSA) is 80.6 Å². The lowest BCUT2D eigenvalue weighted by Gasteiger charge is -2.07. The first kappa shape index (κ1) is 15.6. The van der Waals surface area contributed by atoms with Crippen molar-refractivity contribution in [2.75, 3.05) is 11.9 Å². The van der Waals surface area contributed by atoms with E-state index in [0.717, 1.165) is 11.4 Å². The van der Waals surface area contributed by atoms with Crippen molar-refractivity contribution in [1.82, 2.24) is 4.57 Å². The van der Waals surface area contributed by atoms with Gasteiger partial charge in [-0.25, -0.2) is 4.79 Å². The monoisotopic (exact) mass is 302 g/mol. The third-order valence-corrected chi connectivity index (χ3v) is 3.49. The van der Waals surface area contributed by atoms with E-state index >= 15 is 0 Å². The molecule has 22 heavy (non-hydrogen) atoms. The summed E-state index contributed by atoms with van der Waals surface area (Å²) in [6.45, 7) is 3.44. The molecule has 0 atom stereocenters. The molecule has 0 bridgehead atoms. The van der Waals surface area contributed by atoms with Crippen LogP contribution in [0.25, 0.3) is 0 Å². The number of nitrogens with one attached hydrogen (secondary N) is 1. The summed E-state index contributed by atoms with van der Waals surface area (Å²) in [7, 11) is 1.91. The Kier molecular flexibility index (Phi) is 4.50. The Bertz CT molecular complexity index is 702. The molecule has 0 spiro atoms. The number of carbonyl (C=O) groups excluding carboxylic acids is 1. The van der Waals surface area contributed by atoms with E-state index in [2.05, 4.69) is 5.32 Å². The first-order valence-corrected chi connectivity index (χ1v) is 6.77. The number of ether oxygens (including phenoxy) is 1. The van der Waals surface area contributed by atoms with Crippen LogP contribution in [0.2, 0.25) is 0 Å². The van der Waals surface area contributed by atoms with Crippen molar-refractivity contribution in [1.29, 1.82) is 0 Å². The molecule has 0 aliphatic carbocycles. The van der Waals surface area contributed by atoms with Crippen LogP contribution < -0.4 is 10.1 Å². The largest absolute Gasteiger partial charge is 0.482 e. The highest BCUT2D eigenvalue weighted by molar-refractivity contribution is 6.05. The highest BCUT2D eigenvalue weighted by Crippen LogP contribution is 2.18. The molecule has 1 aromatic heterocycles. The third kappa shape index (κ3) is 3.46. The summed E-state index contributed by atoms with van der Waals surface area (Å²) in [5, 5.41) is 11.3. The molecule has 6 nitrogen and oxygen atoms in total.